The van der Waals surface area contributed by atoms with Gasteiger partial charge in [0.15, 0.2) is 0 Å². The van der Waals surface area contributed by atoms with Crippen molar-refractivity contribution in [1.82, 2.24) is 14.5 Å². The Morgan fingerprint density at radius 3 is 2.30 bits per heavy atom. The van der Waals surface area contributed by atoms with Crippen LogP contribution in [0.5, 0.6) is 0 Å². The van der Waals surface area contributed by atoms with Crippen LogP contribution in [0.4, 0.5) is 0 Å². The molecule has 0 radical (unpaired) electrons. The van der Waals surface area contributed by atoms with Crippen LogP contribution < -0.4 is 5.32 Å². The minimum Gasteiger partial charge on any atom is -0.351 e. The molecule has 2 aromatic rings. The Bertz CT molecular complexity index is 952. The van der Waals surface area contributed by atoms with Crippen LogP contribution in [0, 0.1) is 6.92 Å². The highest BCUT2D eigenvalue weighted by atomic mass is 32.2. The van der Waals surface area contributed by atoms with E-state index in [1.54, 1.807) is 24.3 Å². The number of piperidine rings is 1. The molecule has 1 fully saturated rings. The molecule has 0 aromatic heterocycles. The molecule has 1 amide bonds. The van der Waals surface area contributed by atoms with Crippen molar-refractivity contribution in [2.75, 3.05) is 26.7 Å². The van der Waals surface area contributed by atoms with Crippen LogP contribution in [0.25, 0.3) is 0 Å². The van der Waals surface area contributed by atoms with E-state index in [0.717, 1.165) is 35.1 Å². The molecule has 1 aliphatic rings. The van der Waals surface area contributed by atoms with E-state index in [0.29, 0.717) is 6.54 Å². The van der Waals surface area contributed by atoms with Gasteiger partial charge in [0.05, 0.1) is 11.4 Å². The summed E-state index contributed by atoms with van der Waals surface area (Å²) >= 11 is 0. The zero-order valence-corrected chi connectivity index (χ0v) is 18.6. The lowest BCUT2D eigenvalue weighted by molar-refractivity contribution is -0.121. The summed E-state index contributed by atoms with van der Waals surface area (Å²) < 4.78 is 26.4. The molecule has 1 saturated heterocycles. The fourth-order valence-corrected chi connectivity index (χ4v) is 4.80. The topological polar surface area (TPSA) is 69.7 Å². The van der Waals surface area contributed by atoms with Crippen molar-refractivity contribution in [3.05, 3.63) is 65.2 Å². The third kappa shape index (κ3) is 5.90. The number of likely N-dealkylation sites (tertiary alicyclic amines) is 1. The summed E-state index contributed by atoms with van der Waals surface area (Å²) in [6.45, 7) is 5.18. The molecular weight excluding hydrogens is 398 g/mol. The number of carbonyl (C=O) groups is 1. The molecule has 6 nitrogen and oxygen atoms in total. The summed E-state index contributed by atoms with van der Waals surface area (Å²) in [6.07, 6.45) is 3.77. The van der Waals surface area contributed by atoms with E-state index in [9.17, 15) is 13.2 Å². The van der Waals surface area contributed by atoms with Crippen molar-refractivity contribution in [1.29, 1.82) is 0 Å². The Kier molecular flexibility index (Phi) is 7.64. The zero-order chi connectivity index (χ0) is 21.6. The smallest absolute Gasteiger partial charge is 0.243 e. The molecule has 0 saturated carbocycles. The van der Waals surface area contributed by atoms with Crippen molar-refractivity contribution in [2.45, 2.75) is 44.2 Å². The SMILES string of the molecule is Cc1ccc(S(=O)(=O)N(C)CC(=O)NCc2ccccc2CN2CCCCC2)cc1. The van der Waals surface area contributed by atoms with Crippen LogP contribution >= 0.6 is 0 Å². The Labute approximate surface area is 179 Å². The minimum absolute atomic E-state index is 0.190. The lowest BCUT2D eigenvalue weighted by Gasteiger charge is -2.27. The molecule has 1 N–H and O–H groups in total. The van der Waals surface area contributed by atoms with E-state index in [1.165, 1.54) is 31.9 Å². The van der Waals surface area contributed by atoms with Crippen molar-refractivity contribution < 1.29 is 13.2 Å². The second kappa shape index (κ2) is 10.2. The van der Waals surface area contributed by atoms with Gasteiger partial charge in [0.1, 0.15) is 0 Å². The van der Waals surface area contributed by atoms with Gasteiger partial charge in [-0.1, -0.05) is 48.4 Å². The van der Waals surface area contributed by atoms with Gasteiger partial charge in [-0.05, 0) is 56.1 Å². The molecule has 1 aliphatic heterocycles. The van der Waals surface area contributed by atoms with Gasteiger partial charge in [-0.15, -0.1) is 0 Å². The number of nitrogens with zero attached hydrogens (tertiary/aromatic N) is 2. The Balaban J connectivity index is 1.57. The van der Waals surface area contributed by atoms with Crippen molar-refractivity contribution in [3.8, 4) is 0 Å². The number of sulfonamides is 1. The maximum Gasteiger partial charge on any atom is 0.243 e. The largest absolute Gasteiger partial charge is 0.351 e. The van der Waals surface area contributed by atoms with Gasteiger partial charge >= 0.3 is 0 Å². The maximum absolute atomic E-state index is 12.7. The molecule has 0 bridgehead atoms. The van der Waals surface area contributed by atoms with E-state index < -0.39 is 10.0 Å². The lowest BCUT2D eigenvalue weighted by Crippen LogP contribution is -2.38. The van der Waals surface area contributed by atoms with Gasteiger partial charge in [0.2, 0.25) is 15.9 Å². The van der Waals surface area contributed by atoms with Crippen LogP contribution in [0.3, 0.4) is 0 Å². The van der Waals surface area contributed by atoms with Crippen LogP contribution in [0.1, 0.15) is 36.0 Å². The number of benzene rings is 2. The highest BCUT2D eigenvalue weighted by Gasteiger charge is 2.23. The normalized spacial score (nSPS) is 15.3. The van der Waals surface area contributed by atoms with E-state index >= 15 is 0 Å². The van der Waals surface area contributed by atoms with Crippen molar-refractivity contribution >= 4 is 15.9 Å². The highest BCUT2D eigenvalue weighted by molar-refractivity contribution is 7.89. The number of amides is 1. The van der Waals surface area contributed by atoms with Crippen LogP contribution in [-0.2, 0) is 27.9 Å². The molecule has 2 aromatic carbocycles. The molecule has 162 valence electrons. The number of aryl methyl sites for hydroxylation is 1. The summed E-state index contributed by atoms with van der Waals surface area (Å²) in [7, 11) is -2.27. The van der Waals surface area contributed by atoms with Crippen LogP contribution in [0.15, 0.2) is 53.4 Å². The summed E-state index contributed by atoms with van der Waals surface area (Å²) in [5, 5.41) is 2.88. The van der Waals surface area contributed by atoms with Crippen molar-refractivity contribution in [3.63, 3.8) is 0 Å². The molecule has 0 spiro atoms. The summed E-state index contributed by atoms with van der Waals surface area (Å²) in [4.78, 5) is 15.1. The zero-order valence-electron chi connectivity index (χ0n) is 17.8. The first-order valence-electron chi connectivity index (χ1n) is 10.4. The summed E-state index contributed by atoms with van der Waals surface area (Å²) in [5.74, 6) is -0.319. The van der Waals surface area contributed by atoms with Gasteiger partial charge in [-0.3, -0.25) is 9.69 Å². The first kappa shape index (κ1) is 22.5. The van der Waals surface area contributed by atoms with Gasteiger partial charge < -0.3 is 5.32 Å². The minimum atomic E-state index is -3.70. The first-order chi connectivity index (χ1) is 14.4. The molecule has 0 aliphatic carbocycles. The van der Waals surface area contributed by atoms with Gasteiger partial charge in [-0.2, -0.15) is 4.31 Å². The number of carbonyl (C=O) groups excluding carboxylic acids is 1. The quantitative estimate of drug-likeness (QED) is 0.701. The lowest BCUT2D eigenvalue weighted by atomic mass is 10.0. The van der Waals surface area contributed by atoms with Gasteiger partial charge in [-0.25, -0.2) is 8.42 Å². The Morgan fingerprint density at radius 1 is 1.00 bits per heavy atom. The van der Waals surface area contributed by atoms with Crippen molar-refractivity contribution in [2.24, 2.45) is 0 Å². The maximum atomic E-state index is 12.7. The van der Waals surface area contributed by atoms with Gasteiger partial charge in [0, 0.05) is 20.1 Å². The summed E-state index contributed by atoms with van der Waals surface area (Å²) in [5.41, 5.74) is 3.26. The molecule has 1 heterocycles. The van der Waals surface area contributed by atoms with Crippen LogP contribution in [-0.4, -0.2) is 50.2 Å². The fraction of sp³-hybridized carbons (Fsp3) is 0.435. The summed E-state index contributed by atoms with van der Waals surface area (Å²) in [6, 6.07) is 14.7. The average molecular weight is 430 g/mol. The molecule has 0 atom stereocenters. The van der Waals surface area contributed by atoms with Crippen LogP contribution in [0.2, 0.25) is 0 Å². The third-order valence-electron chi connectivity index (χ3n) is 5.53. The Morgan fingerprint density at radius 2 is 1.63 bits per heavy atom. The molecular formula is C23H31N3O3S. The highest BCUT2D eigenvalue weighted by Crippen LogP contribution is 2.17. The van der Waals surface area contributed by atoms with E-state index in [2.05, 4.69) is 16.3 Å². The second-order valence-electron chi connectivity index (χ2n) is 7.96. The van der Waals surface area contributed by atoms with E-state index in [1.807, 2.05) is 25.1 Å². The molecule has 0 unspecified atom stereocenters. The number of rotatable bonds is 8. The monoisotopic (exact) mass is 429 g/mol. The third-order valence-corrected chi connectivity index (χ3v) is 7.35. The molecule has 30 heavy (non-hydrogen) atoms. The number of hydrogen-bond donors (Lipinski definition) is 1. The van der Waals surface area contributed by atoms with E-state index in [-0.39, 0.29) is 17.3 Å². The average Bonchev–Trinajstić information content (AvgIpc) is 2.74. The second-order valence-corrected chi connectivity index (χ2v) is 10.0. The fourth-order valence-electron chi connectivity index (χ4n) is 3.67. The Hall–Kier alpha value is -2.22. The number of nitrogens with one attached hydrogen (secondary N) is 1. The first-order valence-corrected chi connectivity index (χ1v) is 11.9. The standard InChI is InChI=1S/C23H31N3O3S/c1-19-10-12-22(13-11-19)30(28,29)25(2)18-23(27)24-16-20-8-4-5-9-21(20)17-26-14-6-3-7-15-26/h4-5,8-13H,3,6-7,14-18H2,1-2H3,(H,24,27). The van der Waals surface area contributed by atoms with Gasteiger partial charge in [0.25, 0.3) is 0 Å². The number of hydrogen-bond acceptors (Lipinski definition) is 4. The predicted octanol–water partition coefficient (Wildman–Crippen LogP) is 2.92. The predicted molar refractivity (Wildman–Crippen MR) is 118 cm³/mol. The number of likely N-dealkylation sites (N-methyl/N-ethyl adjacent to an activating group) is 1. The van der Waals surface area contributed by atoms with E-state index in [4.69, 9.17) is 0 Å². The molecule has 7 heteroatoms. The molecule has 3 rings (SSSR count).